The largest absolute Gasteiger partial charge is 0.452 e. The average Bonchev–Trinajstić information content (AvgIpc) is 3.09. The molecule has 2 atom stereocenters. The van der Waals surface area contributed by atoms with Gasteiger partial charge < -0.3 is 15.3 Å². The smallest absolute Gasteiger partial charge is 0.427 e. The van der Waals surface area contributed by atoms with Gasteiger partial charge in [-0.1, -0.05) is 11.7 Å². The number of ether oxygens (including phenoxy) is 1. The van der Waals surface area contributed by atoms with Gasteiger partial charge in [0.25, 0.3) is 0 Å². The van der Waals surface area contributed by atoms with Crippen LogP contribution in [0.25, 0.3) is 0 Å². The maximum atomic E-state index is 14.5. The van der Waals surface area contributed by atoms with E-state index in [4.69, 9.17) is 10.6 Å². The highest BCUT2D eigenvalue weighted by molar-refractivity contribution is 6.02. The van der Waals surface area contributed by atoms with Gasteiger partial charge in [-0.2, -0.15) is 5.10 Å². The second-order valence-electron chi connectivity index (χ2n) is 6.27. The van der Waals surface area contributed by atoms with Crippen LogP contribution in [0.5, 0.6) is 0 Å². The Morgan fingerprint density at radius 1 is 1.45 bits per heavy atom. The number of ketones is 1. The summed E-state index contributed by atoms with van der Waals surface area (Å²) in [6, 6.07) is 3.31. The van der Waals surface area contributed by atoms with E-state index in [2.05, 4.69) is 32.0 Å². The number of methoxy groups -OCH3 is 1. The number of nitrogens with one attached hydrogen (secondary N) is 1. The van der Waals surface area contributed by atoms with Crippen LogP contribution in [0.2, 0.25) is 0 Å². The summed E-state index contributed by atoms with van der Waals surface area (Å²) >= 11 is 0. The number of hydrazone groups is 1. The quantitative estimate of drug-likeness (QED) is 0.446. The molecule has 2 aliphatic heterocycles. The van der Waals surface area contributed by atoms with Crippen molar-refractivity contribution in [3.05, 3.63) is 58.6 Å². The normalized spacial score (nSPS) is 20.2. The molecule has 0 aromatic heterocycles. The number of rotatable bonds is 5. The second kappa shape index (κ2) is 8.05. The maximum absolute atomic E-state index is 14.5. The number of Topliss-reactive ketones (excluding diaryl/α,β-unsaturated/α-hetero) is 1. The van der Waals surface area contributed by atoms with Gasteiger partial charge in [-0.3, -0.25) is 9.79 Å². The summed E-state index contributed by atoms with van der Waals surface area (Å²) in [6.07, 6.45) is 1.97. The van der Waals surface area contributed by atoms with Crippen LogP contribution in [-0.4, -0.2) is 37.3 Å². The number of hydrogen-bond donors (Lipinski definition) is 2. The Hall–Kier alpha value is -3.82. The number of benzene rings is 1. The van der Waals surface area contributed by atoms with E-state index in [0.717, 1.165) is 0 Å². The summed E-state index contributed by atoms with van der Waals surface area (Å²) in [5, 5.41) is 7.50. The van der Waals surface area contributed by atoms with Crippen molar-refractivity contribution in [2.45, 2.75) is 13.0 Å². The molecule has 0 saturated heterocycles. The first kappa shape index (κ1) is 19.9. The summed E-state index contributed by atoms with van der Waals surface area (Å²) < 4.78 is 18.9. The fourth-order valence-corrected chi connectivity index (χ4v) is 2.94. The zero-order valence-electron chi connectivity index (χ0n) is 15.7. The van der Waals surface area contributed by atoms with Crippen LogP contribution in [0.3, 0.4) is 0 Å². The zero-order valence-corrected chi connectivity index (χ0v) is 15.7. The minimum atomic E-state index is -0.766. The SMILES string of the molecule is C=C(/C=N\NC(=O)OC)C1=C2ON=C(N)C2C(c2cc(C(C)=O)ccc2F)N=C1. The van der Waals surface area contributed by atoms with E-state index in [9.17, 15) is 14.0 Å². The maximum Gasteiger partial charge on any atom is 0.427 e. The average molecular weight is 399 g/mol. The first-order valence-corrected chi connectivity index (χ1v) is 8.48. The number of oxime groups is 1. The van der Waals surface area contributed by atoms with Crippen molar-refractivity contribution in [2.75, 3.05) is 7.11 Å². The predicted molar refractivity (Wildman–Crippen MR) is 104 cm³/mol. The molecular formula is C19H18FN5O4. The van der Waals surface area contributed by atoms with Gasteiger partial charge in [0.05, 0.1) is 19.4 Å². The fourth-order valence-electron chi connectivity index (χ4n) is 2.94. The molecule has 10 heteroatoms. The Bertz CT molecular complexity index is 1010. The van der Waals surface area contributed by atoms with Crippen LogP contribution in [0.4, 0.5) is 9.18 Å². The van der Waals surface area contributed by atoms with Crippen LogP contribution >= 0.6 is 0 Å². The molecule has 0 radical (unpaired) electrons. The minimum absolute atomic E-state index is 0.115. The van der Waals surface area contributed by atoms with Crippen LogP contribution < -0.4 is 11.2 Å². The summed E-state index contributed by atoms with van der Waals surface area (Å²) in [4.78, 5) is 32.5. The van der Waals surface area contributed by atoms with Gasteiger partial charge in [0.2, 0.25) is 0 Å². The van der Waals surface area contributed by atoms with E-state index >= 15 is 0 Å². The molecule has 3 rings (SSSR count). The first-order chi connectivity index (χ1) is 13.8. The number of dihydropyridines is 1. The Morgan fingerprint density at radius 3 is 2.90 bits per heavy atom. The molecule has 29 heavy (non-hydrogen) atoms. The Kier molecular flexibility index (Phi) is 5.53. The number of nitrogens with two attached hydrogens (primary N) is 1. The number of carbonyl (C=O) groups excluding carboxylic acids is 2. The molecule has 2 unspecified atom stereocenters. The monoisotopic (exact) mass is 399 g/mol. The summed E-state index contributed by atoms with van der Waals surface area (Å²) in [6.45, 7) is 5.25. The molecule has 0 spiro atoms. The van der Waals surface area contributed by atoms with Crippen molar-refractivity contribution < 1.29 is 23.6 Å². The van der Waals surface area contributed by atoms with Gasteiger partial charge in [-0.25, -0.2) is 14.6 Å². The first-order valence-electron chi connectivity index (χ1n) is 8.48. The molecular weight excluding hydrogens is 381 g/mol. The number of halogens is 1. The third kappa shape index (κ3) is 3.91. The highest BCUT2D eigenvalue weighted by Crippen LogP contribution is 2.41. The molecule has 2 aliphatic rings. The highest BCUT2D eigenvalue weighted by Gasteiger charge is 2.41. The zero-order chi connectivity index (χ0) is 21.1. The van der Waals surface area contributed by atoms with Crippen molar-refractivity contribution in [2.24, 2.45) is 26.9 Å². The van der Waals surface area contributed by atoms with Crippen molar-refractivity contribution in [1.29, 1.82) is 0 Å². The van der Waals surface area contributed by atoms with E-state index in [0.29, 0.717) is 22.5 Å². The number of aliphatic imine (C=N–C) groups is 1. The van der Waals surface area contributed by atoms with Gasteiger partial charge in [0.15, 0.2) is 17.4 Å². The van der Waals surface area contributed by atoms with Gasteiger partial charge in [0.1, 0.15) is 11.7 Å². The van der Waals surface area contributed by atoms with Gasteiger partial charge in [-0.05, 0) is 30.7 Å². The molecule has 1 aromatic carbocycles. The number of allylic oxidation sites excluding steroid dienone is 2. The number of nitrogens with zero attached hydrogens (tertiary/aromatic N) is 3. The van der Waals surface area contributed by atoms with Gasteiger partial charge >= 0.3 is 6.09 Å². The molecule has 0 bridgehead atoms. The number of amidine groups is 1. The highest BCUT2D eigenvalue weighted by atomic mass is 19.1. The lowest BCUT2D eigenvalue weighted by Crippen LogP contribution is -2.30. The van der Waals surface area contributed by atoms with Crippen LogP contribution in [0.1, 0.15) is 28.9 Å². The molecule has 3 N–H and O–H groups in total. The Morgan fingerprint density at radius 2 is 2.21 bits per heavy atom. The molecule has 150 valence electrons. The summed E-state index contributed by atoms with van der Waals surface area (Å²) in [7, 11) is 1.20. The molecule has 0 aliphatic carbocycles. The van der Waals surface area contributed by atoms with Crippen molar-refractivity contribution in [3.63, 3.8) is 0 Å². The van der Waals surface area contributed by atoms with Crippen LogP contribution in [0.15, 0.2) is 56.9 Å². The predicted octanol–water partition coefficient (Wildman–Crippen LogP) is 2.22. The van der Waals surface area contributed by atoms with Gasteiger partial charge in [0, 0.05) is 22.9 Å². The lowest BCUT2D eigenvalue weighted by molar-refractivity contribution is 0.101. The standard InChI is InChI=1S/C19H18FN5O4/c1-9(7-23-24-19(27)28-3)13-8-22-16(15-17(13)29-25-18(15)21)12-6-11(10(2)26)4-5-14(12)20/h4-8,15-16H,1H2,2-3H3,(H2,21,25)(H,24,27)/b23-7-. The number of amides is 1. The van der Waals surface area contributed by atoms with Crippen molar-refractivity contribution in [1.82, 2.24) is 5.43 Å². The van der Waals surface area contributed by atoms with E-state index in [1.165, 1.54) is 44.7 Å². The van der Waals surface area contributed by atoms with Gasteiger partial charge in [-0.15, -0.1) is 0 Å². The lowest BCUT2D eigenvalue weighted by Gasteiger charge is -2.25. The molecule has 9 nitrogen and oxygen atoms in total. The number of fused-ring (bicyclic) bond motifs is 1. The summed E-state index contributed by atoms with van der Waals surface area (Å²) in [5.74, 6) is -0.962. The third-order valence-electron chi connectivity index (χ3n) is 4.42. The molecule has 0 saturated carbocycles. The number of hydrogen-bond acceptors (Lipinski definition) is 8. The molecule has 1 aromatic rings. The van der Waals surface area contributed by atoms with E-state index in [-0.39, 0.29) is 17.2 Å². The molecule has 1 amide bonds. The van der Waals surface area contributed by atoms with E-state index < -0.39 is 23.9 Å². The summed E-state index contributed by atoms with van der Waals surface area (Å²) in [5.41, 5.74) is 9.46. The lowest BCUT2D eigenvalue weighted by atomic mass is 9.85. The molecule has 2 heterocycles. The topological polar surface area (TPSA) is 128 Å². The van der Waals surface area contributed by atoms with E-state index in [1.54, 1.807) is 0 Å². The third-order valence-corrected chi connectivity index (χ3v) is 4.42. The molecule has 0 fully saturated rings. The van der Waals surface area contributed by atoms with Crippen molar-refractivity contribution in [3.8, 4) is 0 Å². The second-order valence-corrected chi connectivity index (χ2v) is 6.27. The van der Waals surface area contributed by atoms with Crippen molar-refractivity contribution >= 4 is 30.1 Å². The van der Waals surface area contributed by atoms with Crippen LogP contribution in [-0.2, 0) is 9.57 Å². The Balaban J connectivity index is 1.94. The Labute approximate surface area is 165 Å². The minimum Gasteiger partial charge on any atom is -0.452 e. The van der Waals surface area contributed by atoms with E-state index in [1.807, 2.05) is 0 Å². The fraction of sp³-hybridized carbons (Fsp3) is 0.211. The van der Waals surface area contributed by atoms with Crippen LogP contribution in [0, 0.1) is 11.7 Å². The number of carbonyl (C=O) groups is 2.